The highest BCUT2D eigenvalue weighted by atomic mass is 79.9. The van der Waals surface area contributed by atoms with Crippen molar-refractivity contribution in [2.75, 3.05) is 19.0 Å². The van der Waals surface area contributed by atoms with Crippen LogP contribution < -0.4 is 14.8 Å². The summed E-state index contributed by atoms with van der Waals surface area (Å²) in [5.41, 5.74) is 2.24. The number of anilines is 1. The van der Waals surface area contributed by atoms with E-state index in [0.29, 0.717) is 19.1 Å². The molecule has 0 spiro atoms. The predicted octanol–water partition coefficient (Wildman–Crippen LogP) is 2.84. The maximum atomic E-state index is 5.82. The van der Waals surface area contributed by atoms with Crippen molar-refractivity contribution in [3.05, 3.63) is 33.0 Å². The molecule has 1 aliphatic rings. The van der Waals surface area contributed by atoms with E-state index in [-0.39, 0.29) is 11.3 Å². The molecule has 21 heavy (non-hydrogen) atoms. The Balaban J connectivity index is 1.81. The van der Waals surface area contributed by atoms with Gasteiger partial charge in [-0.05, 0) is 29.3 Å². The Bertz CT molecular complexity index is 683. The van der Waals surface area contributed by atoms with Crippen LogP contribution in [0.4, 0.5) is 5.95 Å². The minimum Gasteiger partial charge on any atom is -0.493 e. The van der Waals surface area contributed by atoms with Gasteiger partial charge in [0.2, 0.25) is 11.2 Å². The van der Waals surface area contributed by atoms with E-state index in [4.69, 9.17) is 21.1 Å². The number of fused-ring (bicyclic) bond motifs is 1. The van der Waals surface area contributed by atoms with Gasteiger partial charge in [0.1, 0.15) is 5.75 Å². The number of ether oxygens (including phenoxy) is 2. The van der Waals surface area contributed by atoms with Gasteiger partial charge in [-0.1, -0.05) is 15.9 Å². The zero-order valence-corrected chi connectivity index (χ0v) is 13.5. The van der Waals surface area contributed by atoms with Crippen molar-refractivity contribution in [3.8, 4) is 11.8 Å². The lowest BCUT2D eigenvalue weighted by molar-refractivity contribution is 0.353. The van der Waals surface area contributed by atoms with E-state index in [0.717, 1.165) is 22.2 Å². The SMILES string of the molecule is COc1nc(Cl)nc(NCc2cc(Br)cc3c2OCC3)n1. The Morgan fingerprint density at radius 2 is 2.24 bits per heavy atom. The Hall–Kier alpha value is -1.60. The molecular formula is C13H12BrClN4O2. The maximum Gasteiger partial charge on any atom is 0.322 e. The molecule has 0 atom stereocenters. The van der Waals surface area contributed by atoms with Crippen molar-refractivity contribution < 1.29 is 9.47 Å². The van der Waals surface area contributed by atoms with Gasteiger partial charge in [0, 0.05) is 23.0 Å². The van der Waals surface area contributed by atoms with E-state index in [1.807, 2.05) is 6.07 Å². The summed E-state index contributed by atoms with van der Waals surface area (Å²) in [7, 11) is 1.48. The fourth-order valence-corrected chi connectivity index (χ4v) is 2.86. The van der Waals surface area contributed by atoms with E-state index in [1.165, 1.54) is 12.7 Å². The smallest absolute Gasteiger partial charge is 0.322 e. The molecule has 3 rings (SSSR count). The van der Waals surface area contributed by atoms with Gasteiger partial charge in [-0.15, -0.1) is 0 Å². The van der Waals surface area contributed by atoms with E-state index in [2.05, 4.69) is 42.3 Å². The summed E-state index contributed by atoms with van der Waals surface area (Å²) < 4.78 is 11.7. The van der Waals surface area contributed by atoms with Gasteiger partial charge in [-0.2, -0.15) is 15.0 Å². The molecule has 0 saturated carbocycles. The summed E-state index contributed by atoms with van der Waals surface area (Å²) in [5.74, 6) is 1.29. The molecular weight excluding hydrogens is 360 g/mol. The van der Waals surface area contributed by atoms with Crippen LogP contribution in [0, 0.1) is 0 Å². The minimum atomic E-state index is 0.0834. The van der Waals surface area contributed by atoms with Crippen molar-refractivity contribution in [3.63, 3.8) is 0 Å². The fourth-order valence-electron chi connectivity index (χ4n) is 2.15. The molecule has 1 aromatic carbocycles. The van der Waals surface area contributed by atoms with Crippen molar-refractivity contribution in [1.82, 2.24) is 15.0 Å². The normalized spacial score (nSPS) is 12.7. The summed E-state index contributed by atoms with van der Waals surface area (Å²) >= 11 is 9.33. The lowest BCUT2D eigenvalue weighted by Crippen LogP contribution is -2.07. The van der Waals surface area contributed by atoms with Gasteiger partial charge in [-0.3, -0.25) is 0 Å². The van der Waals surface area contributed by atoms with Gasteiger partial charge in [0.15, 0.2) is 0 Å². The van der Waals surface area contributed by atoms with Crippen molar-refractivity contribution in [2.24, 2.45) is 0 Å². The molecule has 1 aromatic heterocycles. The number of methoxy groups -OCH3 is 1. The van der Waals surface area contributed by atoms with Crippen LogP contribution in [-0.4, -0.2) is 28.7 Å². The molecule has 2 aromatic rings. The minimum absolute atomic E-state index is 0.0834. The quantitative estimate of drug-likeness (QED) is 0.891. The number of hydrogen-bond acceptors (Lipinski definition) is 6. The zero-order valence-electron chi connectivity index (χ0n) is 11.2. The van der Waals surface area contributed by atoms with Gasteiger partial charge >= 0.3 is 6.01 Å². The largest absolute Gasteiger partial charge is 0.493 e. The molecule has 0 fully saturated rings. The topological polar surface area (TPSA) is 69.2 Å². The summed E-state index contributed by atoms with van der Waals surface area (Å²) in [6.07, 6.45) is 0.924. The Labute approximate surface area is 135 Å². The lowest BCUT2D eigenvalue weighted by Gasteiger charge is -2.10. The van der Waals surface area contributed by atoms with Crippen molar-refractivity contribution >= 4 is 33.5 Å². The monoisotopic (exact) mass is 370 g/mol. The average Bonchev–Trinajstić information content (AvgIpc) is 2.92. The number of nitrogens with zero attached hydrogens (tertiary/aromatic N) is 3. The maximum absolute atomic E-state index is 5.82. The molecule has 2 heterocycles. The molecule has 0 bridgehead atoms. The van der Waals surface area contributed by atoms with Crippen LogP contribution in [-0.2, 0) is 13.0 Å². The van der Waals surface area contributed by atoms with Crippen LogP contribution >= 0.6 is 27.5 Å². The number of halogens is 2. The number of nitrogens with one attached hydrogen (secondary N) is 1. The van der Waals surface area contributed by atoms with E-state index >= 15 is 0 Å². The van der Waals surface area contributed by atoms with Crippen LogP contribution in [0.3, 0.4) is 0 Å². The highest BCUT2D eigenvalue weighted by Crippen LogP contribution is 2.33. The second-order valence-electron chi connectivity index (χ2n) is 4.42. The molecule has 0 aliphatic carbocycles. The molecule has 1 aliphatic heterocycles. The van der Waals surface area contributed by atoms with Crippen LogP contribution in [0.25, 0.3) is 0 Å². The first-order valence-corrected chi connectivity index (χ1v) is 7.46. The second kappa shape index (κ2) is 6.03. The lowest BCUT2D eigenvalue weighted by atomic mass is 10.1. The van der Waals surface area contributed by atoms with Crippen LogP contribution in [0.1, 0.15) is 11.1 Å². The highest BCUT2D eigenvalue weighted by Gasteiger charge is 2.17. The second-order valence-corrected chi connectivity index (χ2v) is 5.67. The van der Waals surface area contributed by atoms with Crippen LogP contribution in [0.2, 0.25) is 5.28 Å². The molecule has 0 saturated heterocycles. The van der Waals surface area contributed by atoms with Gasteiger partial charge in [-0.25, -0.2) is 0 Å². The third kappa shape index (κ3) is 3.19. The third-order valence-corrected chi connectivity index (χ3v) is 3.66. The number of hydrogen-bond donors (Lipinski definition) is 1. The predicted molar refractivity (Wildman–Crippen MR) is 82.1 cm³/mol. The summed E-state index contributed by atoms with van der Waals surface area (Å²) in [5, 5.41) is 3.19. The molecule has 8 heteroatoms. The first-order chi connectivity index (χ1) is 10.2. The first kappa shape index (κ1) is 14.3. The Morgan fingerprint density at radius 1 is 1.38 bits per heavy atom. The molecule has 0 amide bonds. The van der Waals surface area contributed by atoms with Crippen molar-refractivity contribution in [2.45, 2.75) is 13.0 Å². The first-order valence-electron chi connectivity index (χ1n) is 6.29. The summed E-state index contributed by atoms with van der Waals surface area (Å²) in [6, 6.07) is 4.26. The fraction of sp³-hybridized carbons (Fsp3) is 0.308. The zero-order chi connectivity index (χ0) is 14.8. The average molecular weight is 372 g/mol. The van der Waals surface area contributed by atoms with Crippen molar-refractivity contribution in [1.29, 1.82) is 0 Å². The third-order valence-electron chi connectivity index (χ3n) is 3.03. The number of rotatable bonds is 4. The van der Waals surface area contributed by atoms with E-state index < -0.39 is 0 Å². The number of benzene rings is 1. The summed E-state index contributed by atoms with van der Waals surface area (Å²) in [6.45, 7) is 1.23. The van der Waals surface area contributed by atoms with Gasteiger partial charge in [0.05, 0.1) is 13.7 Å². The molecule has 6 nitrogen and oxygen atoms in total. The highest BCUT2D eigenvalue weighted by molar-refractivity contribution is 9.10. The Morgan fingerprint density at radius 3 is 3.05 bits per heavy atom. The Kier molecular flexibility index (Phi) is 4.12. The van der Waals surface area contributed by atoms with Gasteiger partial charge in [0.25, 0.3) is 0 Å². The molecule has 0 unspecified atom stereocenters. The summed E-state index contributed by atoms with van der Waals surface area (Å²) in [4.78, 5) is 11.9. The van der Waals surface area contributed by atoms with Gasteiger partial charge < -0.3 is 14.8 Å². The molecule has 0 radical (unpaired) electrons. The van der Waals surface area contributed by atoms with E-state index in [9.17, 15) is 0 Å². The molecule has 1 N–H and O–H groups in total. The van der Waals surface area contributed by atoms with E-state index in [1.54, 1.807) is 0 Å². The van der Waals surface area contributed by atoms with Crippen LogP contribution in [0.5, 0.6) is 11.8 Å². The standard InChI is InChI=1S/C13H12BrClN4O2/c1-20-13-18-11(15)17-12(19-13)16-6-8-5-9(14)4-7-2-3-21-10(7)8/h4-5H,2-3,6H2,1H3,(H,16,17,18,19). The van der Waals surface area contributed by atoms with Crippen LogP contribution in [0.15, 0.2) is 16.6 Å². The number of aromatic nitrogens is 3. The molecule has 110 valence electrons.